The van der Waals surface area contributed by atoms with Crippen molar-refractivity contribution in [3.63, 3.8) is 0 Å². The topological polar surface area (TPSA) is 78.4 Å². The van der Waals surface area contributed by atoms with Crippen LogP contribution in [0.2, 0.25) is 0 Å². The molecule has 0 heterocycles. The van der Waals surface area contributed by atoms with Gasteiger partial charge in [-0.3, -0.25) is 10.1 Å². The van der Waals surface area contributed by atoms with Crippen molar-refractivity contribution in [3.05, 3.63) is 69.5 Å². The average Bonchev–Trinajstić information content (AvgIpc) is 2.49. The van der Waals surface area contributed by atoms with E-state index in [4.69, 9.17) is 10.5 Å². The second-order valence-corrected chi connectivity index (χ2v) is 4.45. The summed E-state index contributed by atoms with van der Waals surface area (Å²) in [7, 11) is 0. The van der Waals surface area contributed by atoms with Crippen LogP contribution in [0.1, 0.15) is 11.1 Å². The zero-order valence-corrected chi connectivity index (χ0v) is 11.3. The summed E-state index contributed by atoms with van der Waals surface area (Å²) in [6.45, 7) is 0.414. The first kappa shape index (κ1) is 14.9. The predicted octanol–water partition coefficient (Wildman–Crippen LogP) is 2.81. The molecule has 0 unspecified atom stereocenters. The number of ether oxygens (including phenoxy) is 1. The molecule has 0 aromatic heterocycles. The zero-order chi connectivity index (χ0) is 15.2. The molecule has 2 N–H and O–H groups in total. The quantitative estimate of drug-likeness (QED) is 0.655. The van der Waals surface area contributed by atoms with E-state index in [9.17, 15) is 14.5 Å². The molecule has 2 aromatic carbocycles. The molecule has 110 valence electrons. The first-order valence-electron chi connectivity index (χ1n) is 6.45. The molecule has 0 radical (unpaired) electrons. The normalized spacial score (nSPS) is 10.4. The summed E-state index contributed by atoms with van der Waals surface area (Å²) in [5.41, 5.74) is 6.70. The van der Waals surface area contributed by atoms with Crippen molar-refractivity contribution >= 4 is 5.69 Å². The molecule has 5 nitrogen and oxygen atoms in total. The highest BCUT2D eigenvalue weighted by Crippen LogP contribution is 2.21. The highest BCUT2D eigenvalue weighted by atomic mass is 19.1. The van der Waals surface area contributed by atoms with Crippen LogP contribution in [-0.4, -0.2) is 11.5 Å². The molecule has 0 aliphatic rings. The molecule has 0 aliphatic carbocycles. The SMILES string of the molecule is NCc1ccc(OCCc2ccccc2[N+](=O)[O-])c(F)c1. The Kier molecular flexibility index (Phi) is 4.84. The van der Waals surface area contributed by atoms with Crippen molar-refractivity contribution < 1.29 is 14.1 Å². The van der Waals surface area contributed by atoms with Crippen molar-refractivity contribution in [2.45, 2.75) is 13.0 Å². The first-order valence-corrected chi connectivity index (χ1v) is 6.45. The van der Waals surface area contributed by atoms with Gasteiger partial charge in [-0.05, 0) is 17.7 Å². The molecule has 0 bridgehead atoms. The third kappa shape index (κ3) is 3.76. The summed E-state index contributed by atoms with van der Waals surface area (Å²) in [5, 5.41) is 10.9. The minimum Gasteiger partial charge on any atom is -0.490 e. The fourth-order valence-corrected chi connectivity index (χ4v) is 1.96. The minimum atomic E-state index is -0.486. The lowest BCUT2D eigenvalue weighted by Gasteiger charge is -2.08. The molecular weight excluding hydrogens is 275 g/mol. The van der Waals surface area contributed by atoms with Gasteiger partial charge in [-0.1, -0.05) is 24.3 Å². The van der Waals surface area contributed by atoms with Crippen LogP contribution in [0.25, 0.3) is 0 Å². The monoisotopic (exact) mass is 290 g/mol. The van der Waals surface area contributed by atoms with E-state index in [-0.39, 0.29) is 24.6 Å². The van der Waals surface area contributed by atoms with E-state index in [0.29, 0.717) is 17.5 Å². The van der Waals surface area contributed by atoms with Crippen molar-refractivity contribution in [1.29, 1.82) is 0 Å². The summed E-state index contributed by atoms with van der Waals surface area (Å²) in [6.07, 6.45) is 0.329. The molecule has 0 fully saturated rings. The van der Waals surface area contributed by atoms with Crippen LogP contribution in [-0.2, 0) is 13.0 Å². The Morgan fingerprint density at radius 1 is 1.24 bits per heavy atom. The molecule has 0 atom stereocenters. The van der Waals surface area contributed by atoms with E-state index in [1.54, 1.807) is 24.3 Å². The minimum absolute atomic E-state index is 0.0417. The van der Waals surface area contributed by atoms with Crippen LogP contribution in [0, 0.1) is 15.9 Å². The van der Waals surface area contributed by atoms with Crippen LogP contribution in [0.15, 0.2) is 42.5 Å². The Hall–Kier alpha value is -2.47. The highest BCUT2D eigenvalue weighted by Gasteiger charge is 2.12. The van der Waals surface area contributed by atoms with E-state index >= 15 is 0 Å². The van der Waals surface area contributed by atoms with Gasteiger partial charge in [0.05, 0.1) is 11.5 Å². The van der Waals surface area contributed by atoms with Gasteiger partial charge in [0.1, 0.15) is 0 Å². The molecule has 0 saturated heterocycles. The second-order valence-electron chi connectivity index (χ2n) is 4.45. The molecule has 6 heteroatoms. The predicted molar refractivity (Wildman–Crippen MR) is 76.6 cm³/mol. The maximum Gasteiger partial charge on any atom is 0.272 e. The molecule has 0 saturated carbocycles. The number of nitro groups is 1. The van der Waals surface area contributed by atoms with Crippen molar-refractivity contribution in [2.24, 2.45) is 5.73 Å². The number of rotatable bonds is 6. The number of benzene rings is 2. The van der Waals surface area contributed by atoms with Crippen LogP contribution in [0.4, 0.5) is 10.1 Å². The Balaban J connectivity index is 2.00. The molecule has 0 spiro atoms. The summed E-state index contributed by atoms with van der Waals surface area (Å²) < 4.78 is 19.0. The first-order chi connectivity index (χ1) is 10.1. The van der Waals surface area contributed by atoms with E-state index in [1.807, 2.05) is 0 Å². The van der Waals surface area contributed by atoms with Gasteiger partial charge in [-0.2, -0.15) is 0 Å². The molecule has 21 heavy (non-hydrogen) atoms. The second kappa shape index (κ2) is 6.81. The van der Waals surface area contributed by atoms with Gasteiger partial charge >= 0.3 is 0 Å². The number of halogens is 1. The molecular formula is C15H15FN2O3. The number of nitrogens with zero attached hydrogens (tertiary/aromatic N) is 1. The smallest absolute Gasteiger partial charge is 0.272 e. The lowest BCUT2D eigenvalue weighted by molar-refractivity contribution is -0.385. The number of hydrogen-bond acceptors (Lipinski definition) is 4. The number of nitro benzene ring substituents is 1. The fourth-order valence-electron chi connectivity index (χ4n) is 1.96. The standard InChI is InChI=1S/C15H15FN2O3/c16-13-9-11(10-17)5-6-15(13)21-8-7-12-3-1-2-4-14(12)18(19)20/h1-6,9H,7-8,10,17H2. The van der Waals surface area contributed by atoms with Crippen LogP contribution >= 0.6 is 0 Å². The van der Waals surface area contributed by atoms with Gasteiger partial charge in [0.2, 0.25) is 0 Å². The number of hydrogen-bond donors (Lipinski definition) is 1. The Bertz CT molecular complexity index is 647. The molecule has 2 rings (SSSR count). The van der Waals surface area contributed by atoms with Crippen LogP contribution < -0.4 is 10.5 Å². The maximum atomic E-state index is 13.7. The Morgan fingerprint density at radius 3 is 2.67 bits per heavy atom. The van der Waals surface area contributed by atoms with Crippen molar-refractivity contribution in [3.8, 4) is 5.75 Å². The van der Waals surface area contributed by atoms with Gasteiger partial charge in [-0.15, -0.1) is 0 Å². The van der Waals surface area contributed by atoms with Gasteiger partial charge in [-0.25, -0.2) is 4.39 Å². The largest absolute Gasteiger partial charge is 0.490 e. The fraction of sp³-hybridized carbons (Fsp3) is 0.200. The van der Waals surface area contributed by atoms with E-state index in [2.05, 4.69) is 0 Å². The molecule has 0 amide bonds. The van der Waals surface area contributed by atoms with Crippen LogP contribution in [0.3, 0.4) is 0 Å². The van der Waals surface area contributed by atoms with Crippen molar-refractivity contribution in [1.82, 2.24) is 0 Å². The van der Waals surface area contributed by atoms with Gasteiger partial charge in [0, 0.05) is 24.6 Å². The van der Waals surface area contributed by atoms with Crippen LogP contribution in [0.5, 0.6) is 5.75 Å². The van der Waals surface area contributed by atoms with E-state index < -0.39 is 10.7 Å². The van der Waals surface area contributed by atoms with E-state index in [1.165, 1.54) is 18.2 Å². The van der Waals surface area contributed by atoms with Gasteiger partial charge in [0.15, 0.2) is 11.6 Å². The maximum absolute atomic E-state index is 13.7. The third-order valence-corrected chi connectivity index (χ3v) is 3.05. The summed E-state index contributed by atoms with van der Waals surface area (Å²) in [4.78, 5) is 10.4. The molecule has 0 aliphatic heterocycles. The highest BCUT2D eigenvalue weighted by molar-refractivity contribution is 5.40. The lowest BCUT2D eigenvalue weighted by atomic mass is 10.1. The summed E-state index contributed by atoms with van der Waals surface area (Å²) >= 11 is 0. The lowest BCUT2D eigenvalue weighted by Crippen LogP contribution is -2.05. The number of para-hydroxylation sites is 1. The summed E-state index contributed by atoms with van der Waals surface area (Å²) in [5.74, 6) is -0.369. The van der Waals surface area contributed by atoms with Crippen molar-refractivity contribution in [2.75, 3.05) is 6.61 Å². The zero-order valence-electron chi connectivity index (χ0n) is 11.3. The van der Waals surface area contributed by atoms with E-state index in [0.717, 1.165) is 0 Å². The average molecular weight is 290 g/mol. The van der Waals surface area contributed by atoms with Gasteiger partial charge < -0.3 is 10.5 Å². The molecule has 2 aromatic rings. The number of nitrogens with two attached hydrogens (primary N) is 1. The Labute approximate surface area is 121 Å². The van der Waals surface area contributed by atoms with Gasteiger partial charge in [0.25, 0.3) is 5.69 Å². The summed E-state index contributed by atoms with van der Waals surface area (Å²) in [6, 6.07) is 10.9. The third-order valence-electron chi connectivity index (χ3n) is 3.05. The Morgan fingerprint density at radius 2 is 2.00 bits per heavy atom.